The zero-order valence-electron chi connectivity index (χ0n) is 19.1. The summed E-state index contributed by atoms with van der Waals surface area (Å²) in [4.78, 5) is 0.168. The van der Waals surface area contributed by atoms with Gasteiger partial charge in [-0.1, -0.05) is 30.3 Å². The molecule has 4 rings (SSSR count). The smallest absolute Gasteiger partial charge is 0.265 e. The van der Waals surface area contributed by atoms with E-state index in [4.69, 9.17) is 4.74 Å². The zero-order chi connectivity index (χ0) is 23.6. The second-order valence-electron chi connectivity index (χ2n) is 7.78. The van der Waals surface area contributed by atoms with Gasteiger partial charge in [-0.15, -0.1) is 0 Å². The number of nitrogens with one attached hydrogen (secondary N) is 1. The number of aryl methyl sites for hydroxylation is 2. The van der Waals surface area contributed by atoms with E-state index in [2.05, 4.69) is 14.9 Å². The molecule has 2 aromatic carbocycles. The van der Waals surface area contributed by atoms with Gasteiger partial charge in [-0.2, -0.15) is 10.2 Å². The first-order valence-corrected chi connectivity index (χ1v) is 12.2. The van der Waals surface area contributed by atoms with Gasteiger partial charge in [-0.25, -0.2) is 8.42 Å². The van der Waals surface area contributed by atoms with Crippen LogP contribution < -0.4 is 9.46 Å². The van der Waals surface area contributed by atoms with Gasteiger partial charge >= 0.3 is 0 Å². The Morgan fingerprint density at radius 2 is 1.67 bits per heavy atom. The Morgan fingerprint density at radius 3 is 2.36 bits per heavy atom. The fraction of sp³-hybridized carbons (Fsp3) is 0.250. The molecule has 8 nitrogen and oxygen atoms in total. The van der Waals surface area contributed by atoms with E-state index in [9.17, 15) is 8.42 Å². The molecule has 0 radical (unpaired) electrons. The maximum atomic E-state index is 13.0. The zero-order valence-corrected chi connectivity index (χ0v) is 19.9. The van der Waals surface area contributed by atoms with Crippen LogP contribution >= 0.6 is 0 Å². The fourth-order valence-electron chi connectivity index (χ4n) is 3.70. The molecular weight excluding hydrogens is 438 g/mol. The average Bonchev–Trinajstić information content (AvgIpc) is 3.29. The standard InChI is InChI=1S/C24H27N5O3S/c1-5-28-18(3)23(15-25-28)33(30,31)27-24-17(2)26-29(19(24)4)16-20-10-9-13-22(14-20)32-21-11-7-6-8-12-21/h6-15,27H,5,16H2,1-4H3. The van der Waals surface area contributed by atoms with Crippen molar-refractivity contribution in [1.82, 2.24) is 19.6 Å². The van der Waals surface area contributed by atoms with E-state index in [1.807, 2.05) is 68.4 Å². The van der Waals surface area contributed by atoms with E-state index in [1.165, 1.54) is 6.20 Å². The van der Waals surface area contributed by atoms with Crippen LogP contribution in [-0.2, 0) is 23.1 Å². The molecule has 0 spiro atoms. The van der Waals surface area contributed by atoms with Crippen molar-refractivity contribution in [2.45, 2.75) is 45.7 Å². The molecule has 9 heteroatoms. The predicted molar refractivity (Wildman–Crippen MR) is 127 cm³/mol. The third-order valence-electron chi connectivity index (χ3n) is 5.47. The molecule has 0 saturated carbocycles. The first-order valence-electron chi connectivity index (χ1n) is 10.7. The summed E-state index contributed by atoms with van der Waals surface area (Å²) in [5, 5.41) is 8.72. The minimum Gasteiger partial charge on any atom is -0.457 e. The van der Waals surface area contributed by atoms with Gasteiger partial charge in [0.2, 0.25) is 0 Å². The van der Waals surface area contributed by atoms with Crippen molar-refractivity contribution in [2.24, 2.45) is 0 Å². The summed E-state index contributed by atoms with van der Waals surface area (Å²) < 4.78 is 38.1. The molecule has 0 fully saturated rings. The highest BCUT2D eigenvalue weighted by Crippen LogP contribution is 2.26. The molecular formula is C24H27N5O3S. The second kappa shape index (κ2) is 9.11. The quantitative estimate of drug-likeness (QED) is 0.408. The normalized spacial score (nSPS) is 11.5. The monoisotopic (exact) mass is 465 g/mol. The van der Waals surface area contributed by atoms with Crippen LogP contribution in [0, 0.1) is 20.8 Å². The Morgan fingerprint density at radius 1 is 0.939 bits per heavy atom. The van der Waals surface area contributed by atoms with Crippen molar-refractivity contribution in [3.8, 4) is 11.5 Å². The Bertz CT molecular complexity index is 1370. The molecule has 0 saturated heterocycles. The number of aromatic nitrogens is 4. The molecule has 2 aromatic heterocycles. The third kappa shape index (κ3) is 4.78. The van der Waals surface area contributed by atoms with Gasteiger partial charge in [0.15, 0.2) is 0 Å². The lowest BCUT2D eigenvalue weighted by atomic mass is 10.2. The van der Waals surface area contributed by atoms with Gasteiger partial charge in [-0.3, -0.25) is 14.1 Å². The van der Waals surface area contributed by atoms with Crippen molar-refractivity contribution in [3.63, 3.8) is 0 Å². The van der Waals surface area contributed by atoms with Crippen LogP contribution in [0.25, 0.3) is 0 Å². The van der Waals surface area contributed by atoms with E-state index in [0.29, 0.717) is 30.2 Å². The summed E-state index contributed by atoms with van der Waals surface area (Å²) >= 11 is 0. The highest BCUT2D eigenvalue weighted by molar-refractivity contribution is 7.92. The largest absolute Gasteiger partial charge is 0.457 e. The number of benzene rings is 2. The first-order chi connectivity index (χ1) is 15.8. The topological polar surface area (TPSA) is 91.0 Å². The van der Waals surface area contributed by atoms with Crippen LogP contribution in [0.3, 0.4) is 0 Å². The minimum absolute atomic E-state index is 0.168. The van der Waals surface area contributed by atoms with Gasteiger partial charge in [0, 0.05) is 6.54 Å². The molecule has 2 heterocycles. The third-order valence-corrected chi connectivity index (χ3v) is 6.93. The molecule has 0 aliphatic heterocycles. The number of ether oxygens (including phenoxy) is 1. The molecule has 0 aliphatic carbocycles. The van der Waals surface area contributed by atoms with Crippen molar-refractivity contribution < 1.29 is 13.2 Å². The number of rotatable bonds is 8. The predicted octanol–water partition coefficient (Wildman–Crippen LogP) is 4.67. The van der Waals surface area contributed by atoms with Crippen LogP contribution in [-0.4, -0.2) is 28.0 Å². The number of hydrogen-bond donors (Lipinski definition) is 1. The lowest BCUT2D eigenvalue weighted by molar-refractivity contribution is 0.481. The van der Waals surface area contributed by atoms with Crippen LogP contribution in [0.2, 0.25) is 0 Å². The van der Waals surface area contributed by atoms with Crippen LogP contribution in [0.15, 0.2) is 65.7 Å². The van der Waals surface area contributed by atoms with Crippen molar-refractivity contribution >= 4 is 15.7 Å². The summed E-state index contributed by atoms with van der Waals surface area (Å²) in [5.74, 6) is 1.49. The highest BCUT2D eigenvalue weighted by atomic mass is 32.2. The van der Waals surface area contributed by atoms with Crippen molar-refractivity contribution in [1.29, 1.82) is 0 Å². The van der Waals surface area contributed by atoms with Gasteiger partial charge in [0.05, 0.1) is 35.5 Å². The Kier molecular flexibility index (Phi) is 6.24. The lowest BCUT2D eigenvalue weighted by Crippen LogP contribution is -2.15. The molecule has 0 unspecified atom stereocenters. The van der Waals surface area contributed by atoms with Gasteiger partial charge < -0.3 is 4.74 Å². The number of para-hydroxylation sites is 1. The first kappa shape index (κ1) is 22.6. The summed E-state index contributed by atoms with van der Waals surface area (Å²) in [6.45, 7) is 8.39. The van der Waals surface area contributed by atoms with Crippen LogP contribution in [0.4, 0.5) is 5.69 Å². The van der Waals surface area contributed by atoms with Crippen molar-refractivity contribution in [2.75, 3.05) is 4.72 Å². The van der Waals surface area contributed by atoms with E-state index in [0.717, 1.165) is 22.8 Å². The molecule has 0 aliphatic rings. The van der Waals surface area contributed by atoms with E-state index in [1.54, 1.807) is 23.2 Å². The SMILES string of the molecule is CCn1ncc(S(=O)(=O)Nc2c(C)nn(Cc3cccc(Oc4ccccc4)c3)c2C)c1C. The summed E-state index contributed by atoms with van der Waals surface area (Å²) in [6.07, 6.45) is 1.38. The van der Waals surface area contributed by atoms with Crippen LogP contribution in [0.5, 0.6) is 11.5 Å². The van der Waals surface area contributed by atoms with Crippen LogP contribution in [0.1, 0.15) is 29.6 Å². The average molecular weight is 466 g/mol. The van der Waals surface area contributed by atoms with Gasteiger partial charge in [-0.05, 0) is 57.5 Å². The molecule has 1 N–H and O–H groups in total. The molecule has 172 valence electrons. The number of hydrogen-bond acceptors (Lipinski definition) is 5. The highest BCUT2D eigenvalue weighted by Gasteiger charge is 2.24. The Labute approximate surface area is 193 Å². The van der Waals surface area contributed by atoms with E-state index in [-0.39, 0.29) is 4.90 Å². The Balaban J connectivity index is 1.56. The molecule has 0 bridgehead atoms. The molecule has 0 atom stereocenters. The van der Waals surface area contributed by atoms with Gasteiger partial charge in [0.25, 0.3) is 10.0 Å². The summed E-state index contributed by atoms with van der Waals surface area (Å²) in [6, 6.07) is 17.4. The molecule has 33 heavy (non-hydrogen) atoms. The molecule has 0 amide bonds. The maximum Gasteiger partial charge on any atom is 0.265 e. The second-order valence-corrected chi connectivity index (χ2v) is 9.43. The molecule has 4 aromatic rings. The Hall–Kier alpha value is -3.59. The van der Waals surface area contributed by atoms with Crippen molar-refractivity contribution in [3.05, 3.63) is 83.4 Å². The van der Waals surface area contributed by atoms with Gasteiger partial charge in [0.1, 0.15) is 16.4 Å². The maximum absolute atomic E-state index is 13.0. The van der Waals surface area contributed by atoms with E-state index >= 15 is 0 Å². The fourth-order valence-corrected chi connectivity index (χ4v) is 5.06. The number of anilines is 1. The number of nitrogens with zero attached hydrogens (tertiary/aromatic N) is 4. The lowest BCUT2D eigenvalue weighted by Gasteiger charge is -2.10. The number of sulfonamides is 1. The summed E-state index contributed by atoms with van der Waals surface area (Å²) in [7, 11) is -3.79. The summed E-state index contributed by atoms with van der Waals surface area (Å²) in [5.41, 5.74) is 3.40. The van der Waals surface area contributed by atoms with E-state index < -0.39 is 10.0 Å². The minimum atomic E-state index is -3.79.